The van der Waals surface area contributed by atoms with Crippen LogP contribution in [0.2, 0.25) is 5.54 Å². The highest BCUT2D eigenvalue weighted by Gasteiger charge is 2.30. The largest absolute Gasteiger partial charge is 0.393 e. The average molecular weight is 296 g/mol. The first-order valence-electron chi connectivity index (χ1n) is 8.69. The summed E-state index contributed by atoms with van der Waals surface area (Å²) in [4.78, 5) is 0. The van der Waals surface area contributed by atoms with E-state index in [1.807, 2.05) is 0 Å². The maximum atomic E-state index is 6.08. The summed E-state index contributed by atoms with van der Waals surface area (Å²) >= 11 is 0. The Kier molecular flexibility index (Phi) is 7.92. The Morgan fingerprint density at radius 1 is 0.900 bits per heavy atom. The maximum Gasteiger partial charge on any atom is 0.388 e. The van der Waals surface area contributed by atoms with E-state index < -0.39 is 9.28 Å². The molecule has 2 saturated carbocycles. The molecule has 0 unspecified atom stereocenters. The van der Waals surface area contributed by atoms with E-state index >= 15 is 0 Å². The van der Waals surface area contributed by atoms with Gasteiger partial charge in [0.05, 0.1) is 6.61 Å². The van der Waals surface area contributed by atoms with E-state index in [-0.39, 0.29) is 0 Å². The van der Waals surface area contributed by atoms with Crippen molar-refractivity contribution in [2.75, 3.05) is 13.2 Å². The van der Waals surface area contributed by atoms with Crippen LogP contribution in [0.5, 0.6) is 0 Å². The van der Waals surface area contributed by atoms with E-state index in [0.717, 1.165) is 24.7 Å². The first-order valence-corrected chi connectivity index (χ1v) is 10.1. The molecule has 0 aromatic heterocycles. The second kappa shape index (κ2) is 9.75. The lowest BCUT2D eigenvalue weighted by atomic mass is 10.0. The Balaban J connectivity index is 1.68. The minimum absolute atomic E-state index is 0.728. The van der Waals surface area contributed by atoms with Gasteiger partial charge in [-0.3, -0.25) is 0 Å². The van der Waals surface area contributed by atoms with Crippen LogP contribution in [0.25, 0.3) is 0 Å². The van der Waals surface area contributed by atoms with Gasteiger partial charge < -0.3 is 8.85 Å². The Labute approximate surface area is 126 Å². The zero-order valence-corrected chi connectivity index (χ0v) is 14.1. The highest BCUT2D eigenvalue weighted by molar-refractivity contribution is 6.46. The molecule has 1 radical (unpaired) electrons. The summed E-state index contributed by atoms with van der Waals surface area (Å²) in [5.41, 5.74) is 0.728. The second-order valence-electron chi connectivity index (χ2n) is 6.22. The van der Waals surface area contributed by atoms with E-state index in [9.17, 15) is 0 Å². The zero-order valence-electron chi connectivity index (χ0n) is 13.1. The van der Waals surface area contributed by atoms with E-state index in [2.05, 4.69) is 19.1 Å². The first kappa shape index (κ1) is 16.3. The van der Waals surface area contributed by atoms with Crippen molar-refractivity contribution in [1.29, 1.82) is 0 Å². The van der Waals surface area contributed by atoms with Gasteiger partial charge in [-0.2, -0.15) is 0 Å². The SMILES string of the molecule is CCO[Si](OCC=CC1CCCCCC1)C1CCCC1. The molecule has 2 rings (SSSR count). The third-order valence-electron chi connectivity index (χ3n) is 4.60. The van der Waals surface area contributed by atoms with Gasteiger partial charge in [0, 0.05) is 12.1 Å². The average Bonchev–Trinajstić information content (AvgIpc) is 2.87. The van der Waals surface area contributed by atoms with Gasteiger partial charge in [-0.25, -0.2) is 0 Å². The van der Waals surface area contributed by atoms with Gasteiger partial charge in [0.2, 0.25) is 0 Å². The van der Waals surface area contributed by atoms with Gasteiger partial charge in [-0.15, -0.1) is 0 Å². The Hall–Kier alpha value is -0.123. The van der Waals surface area contributed by atoms with Gasteiger partial charge in [0.1, 0.15) is 0 Å². The summed E-state index contributed by atoms with van der Waals surface area (Å²) in [5.74, 6) is 0.801. The molecule has 0 amide bonds. The van der Waals surface area contributed by atoms with E-state index in [1.165, 1.54) is 64.2 Å². The van der Waals surface area contributed by atoms with E-state index in [0.29, 0.717) is 0 Å². The highest BCUT2D eigenvalue weighted by atomic mass is 28.3. The van der Waals surface area contributed by atoms with Crippen LogP contribution in [0, 0.1) is 5.92 Å². The topological polar surface area (TPSA) is 18.5 Å². The Morgan fingerprint density at radius 2 is 1.55 bits per heavy atom. The molecule has 0 atom stereocenters. The lowest BCUT2D eigenvalue weighted by Gasteiger charge is -2.19. The minimum atomic E-state index is -1.03. The van der Waals surface area contributed by atoms with Crippen LogP contribution >= 0.6 is 0 Å². The molecule has 0 aromatic rings. The fraction of sp³-hybridized carbons (Fsp3) is 0.882. The molecule has 0 bridgehead atoms. The first-order chi connectivity index (χ1) is 9.90. The molecule has 115 valence electrons. The van der Waals surface area contributed by atoms with Crippen LogP contribution in [0.3, 0.4) is 0 Å². The van der Waals surface area contributed by atoms with Crippen molar-refractivity contribution in [2.24, 2.45) is 5.92 Å². The predicted octanol–water partition coefficient (Wildman–Crippen LogP) is 5.00. The van der Waals surface area contributed by atoms with E-state index in [1.54, 1.807) is 0 Å². The van der Waals surface area contributed by atoms with E-state index in [4.69, 9.17) is 8.85 Å². The Bertz CT molecular complexity index is 266. The minimum Gasteiger partial charge on any atom is -0.393 e. The van der Waals surface area contributed by atoms with Crippen LogP contribution in [-0.2, 0) is 8.85 Å². The fourth-order valence-corrected chi connectivity index (χ4v) is 5.44. The number of hydrogen-bond acceptors (Lipinski definition) is 2. The number of rotatable bonds is 7. The summed E-state index contributed by atoms with van der Waals surface area (Å²) < 4.78 is 12.0. The van der Waals surface area contributed by atoms with Crippen LogP contribution in [-0.4, -0.2) is 22.5 Å². The molecule has 2 aliphatic rings. The molecule has 2 fully saturated rings. The van der Waals surface area contributed by atoms with Gasteiger partial charge in [-0.1, -0.05) is 50.7 Å². The summed E-state index contributed by atoms with van der Waals surface area (Å²) in [6, 6.07) is 0. The normalized spacial score (nSPS) is 22.9. The van der Waals surface area contributed by atoms with Crippen molar-refractivity contribution in [2.45, 2.75) is 76.7 Å². The summed E-state index contributed by atoms with van der Waals surface area (Å²) in [6.45, 7) is 3.66. The zero-order chi connectivity index (χ0) is 14.0. The third kappa shape index (κ3) is 5.70. The molecule has 3 heteroatoms. The van der Waals surface area contributed by atoms with Crippen molar-refractivity contribution in [3.8, 4) is 0 Å². The smallest absolute Gasteiger partial charge is 0.388 e. The molecular weight excluding hydrogens is 264 g/mol. The predicted molar refractivity (Wildman–Crippen MR) is 85.9 cm³/mol. The third-order valence-corrected chi connectivity index (χ3v) is 6.87. The van der Waals surface area contributed by atoms with Crippen molar-refractivity contribution in [1.82, 2.24) is 0 Å². The summed E-state index contributed by atoms with van der Waals surface area (Å²) in [6.07, 6.45) is 18.5. The van der Waals surface area contributed by atoms with Crippen molar-refractivity contribution < 1.29 is 8.85 Å². The lowest BCUT2D eigenvalue weighted by Crippen LogP contribution is -2.28. The second-order valence-corrected chi connectivity index (χ2v) is 8.26. The van der Waals surface area contributed by atoms with Crippen LogP contribution in [0.4, 0.5) is 0 Å². The Morgan fingerprint density at radius 3 is 2.20 bits per heavy atom. The monoisotopic (exact) mass is 295 g/mol. The van der Waals surface area contributed by atoms with Crippen LogP contribution in [0.15, 0.2) is 12.2 Å². The number of hydrogen-bond donors (Lipinski definition) is 0. The molecule has 0 heterocycles. The molecule has 20 heavy (non-hydrogen) atoms. The molecule has 0 spiro atoms. The standard InChI is InChI=1S/C17H31O2Si/c1-2-18-20(17-13-7-8-14-17)19-15-9-12-16-10-5-3-4-6-11-16/h9,12,16-17H,2-8,10-11,13-15H2,1H3. The van der Waals surface area contributed by atoms with Gasteiger partial charge >= 0.3 is 9.28 Å². The van der Waals surface area contributed by atoms with Crippen LogP contribution < -0.4 is 0 Å². The van der Waals surface area contributed by atoms with Gasteiger partial charge in [-0.05, 0) is 38.5 Å². The van der Waals surface area contributed by atoms with Gasteiger partial charge in [0.25, 0.3) is 0 Å². The highest BCUT2D eigenvalue weighted by Crippen LogP contribution is 2.33. The molecule has 2 nitrogen and oxygen atoms in total. The molecular formula is C17H31O2Si. The van der Waals surface area contributed by atoms with Crippen molar-refractivity contribution >= 4 is 9.28 Å². The number of allylic oxidation sites excluding steroid dienone is 1. The molecule has 0 aromatic carbocycles. The van der Waals surface area contributed by atoms with Crippen molar-refractivity contribution in [3.05, 3.63) is 12.2 Å². The quantitative estimate of drug-likeness (QED) is 0.374. The van der Waals surface area contributed by atoms with Gasteiger partial charge in [0.15, 0.2) is 0 Å². The fourth-order valence-electron chi connectivity index (χ4n) is 3.46. The van der Waals surface area contributed by atoms with Crippen molar-refractivity contribution in [3.63, 3.8) is 0 Å². The molecule has 0 saturated heterocycles. The molecule has 0 N–H and O–H groups in total. The summed E-state index contributed by atoms with van der Waals surface area (Å²) in [7, 11) is -1.03. The molecule has 0 aliphatic heterocycles. The summed E-state index contributed by atoms with van der Waals surface area (Å²) in [5, 5.41) is 0. The maximum absolute atomic E-state index is 6.08. The molecule has 2 aliphatic carbocycles. The lowest BCUT2D eigenvalue weighted by molar-refractivity contribution is 0.212. The van der Waals surface area contributed by atoms with Crippen LogP contribution in [0.1, 0.15) is 71.1 Å².